The van der Waals surface area contributed by atoms with E-state index >= 15 is 0 Å². The van der Waals surface area contributed by atoms with E-state index in [-0.39, 0.29) is 41.2 Å². The summed E-state index contributed by atoms with van der Waals surface area (Å²) in [7, 11) is 0. The molecule has 1 atom stereocenters. The monoisotopic (exact) mass is 504 g/mol. The quantitative estimate of drug-likeness (QED) is 0.330. The molecule has 1 N–H and O–H groups in total. The average molecular weight is 505 g/mol. The van der Waals surface area contributed by atoms with E-state index < -0.39 is 5.97 Å². The van der Waals surface area contributed by atoms with Crippen LogP contribution in [0.3, 0.4) is 0 Å². The fourth-order valence-corrected chi connectivity index (χ4v) is 5.95. The number of carbonyl (C=O) groups is 1. The summed E-state index contributed by atoms with van der Waals surface area (Å²) in [6, 6.07) is 31.4. The van der Waals surface area contributed by atoms with E-state index in [1.54, 1.807) is 34.8 Å². The molecule has 2 heterocycles. The number of nitrogens with zero attached hydrogens (tertiary/aromatic N) is 1. The first kappa shape index (κ1) is 25.5. The van der Waals surface area contributed by atoms with Crippen LogP contribution in [0.15, 0.2) is 102 Å². The Morgan fingerprint density at radius 3 is 2.17 bits per heavy atom. The molecule has 3 aromatic carbocycles. The smallest absolute Gasteiger partial charge is 0.545 e. The van der Waals surface area contributed by atoms with Crippen molar-refractivity contribution >= 4 is 28.6 Å². The summed E-state index contributed by atoms with van der Waals surface area (Å²) in [6.45, 7) is 0.383. The Morgan fingerprint density at radius 1 is 0.857 bits per heavy atom. The van der Waals surface area contributed by atoms with Crippen LogP contribution >= 0.6 is 22.7 Å². The minimum absolute atomic E-state index is 0. The van der Waals surface area contributed by atoms with Crippen LogP contribution in [0.5, 0.6) is 0 Å². The summed E-state index contributed by atoms with van der Waals surface area (Å²) in [6.07, 6.45) is 0. The van der Waals surface area contributed by atoms with E-state index in [0.29, 0.717) is 12.1 Å². The van der Waals surface area contributed by atoms with Crippen molar-refractivity contribution in [3.63, 3.8) is 0 Å². The molecule has 0 spiro atoms. The van der Waals surface area contributed by atoms with Gasteiger partial charge in [-0.2, -0.15) is 0 Å². The molecule has 7 heteroatoms. The van der Waals surface area contributed by atoms with Crippen molar-refractivity contribution in [3.05, 3.63) is 123 Å². The molecule has 0 aliphatic rings. The Bertz CT molecular complexity index is 1330. The molecule has 0 aliphatic heterocycles. The molecule has 0 aliphatic carbocycles. The van der Waals surface area contributed by atoms with Gasteiger partial charge in [-0.15, -0.1) is 22.7 Å². The molecular formula is C28H21N2NaO2S2. The Kier molecular flexibility index (Phi) is 8.68. The summed E-state index contributed by atoms with van der Waals surface area (Å²) in [5.41, 5.74) is 4.03. The Balaban J connectivity index is 0.00000289. The number of carbonyl (C=O) groups excluding carboxylic acids is 1. The van der Waals surface area contributed by atoms with Crippen LogP contribution in [-0.4, -0.2) is 11.0 Å². The van der Waals surface area contributed by atoms with Crippen LogP contribution in [0.1, 0.15) is 31.8 Å². The van der Waals surface area contributed by atoms with Crippen molar-refractivity contribution in [2.45, 2.75) is 12.6 Å². The van der Waals surface area contributed by atoms with Gasteiger partial charge in [-0.25, -0.2) is 4.98 Å². The first-order chi connectivity index (χ1) is 16.7. The van der Waals surface area contributed by atoms with Crippen LogP contribution in [0.4, 0.5) is 0 Å². The van der Waals surface area contributed by atoms with Crippen LogP contribution in [-0.2, 0) is 6.54 Å². The second-order valence-corrected chi connectivity index (χ2v) is 9.75. The van der Waals surface area contributed by atoms with Crippen molar-refractivity contribution in [1.29, 1.82) is 0 Å². The van der Waals surface area contributed by atoms with Gasteiger partial charge in [-0.3, -0.25) is 5.32 Å². The van der Waals surface area contributed by atoms with E-state index in [9.17, 15) is 9.90 Å². The zero-order chi connectivity index (χ0) is 23.3. The Labute approximate surface area is 234 Å². The summed E-state index contributed by atoms with van der Waals surface area (Å²) in [5, 5.41) is 18.1. The maximum absolute atomic E-state index is 11.6. The maximum Gasteiger partial charge on any atom is 1.00 e. The van der Waals surface area contributed by atoms with Crippen molar-refractivity contribution in [1.82, 2.24) is 10.3 Å². The third-order valence-electron chi connectivity index (χ3n) is 5.54. The SMILES string of the molecule is O=C([O-])c1ccccc1CNC(c1cccs1)c1nc(-c2ccccc2)c(-c2ccccc2)s1.[Na+]. The number of aromatic nitrogens is 1. The van der Waals surface area contributed by atoms with E-state index in [2.05, 4.69) is 35.6 Å². The average Bonchev–Trinajstić information content (AvgIpc) is 3.57. The first-order valence-electron chi connectivity index (χ1n) is 10.9. The molecule has 0 saturated heterocycles. The normalized spacial score (nSPS) is 11.5. The van der Waals surface area contributed by atoms with Crippen molar-refractivity contribution < 1.29 is 39.5 Å². The molecule has 5 aromatic rings. The van der Waals surface area contributed by atoms with Crippen molar-refractivity contribution in [2.75, 3.05) is 0 Å². The van der Waals surface area contributed by atoms with E-state index in [1.165, 1.54) is 0 Å². The molecule has 0 radical (unpaired) electrons. The number of thiazole rings is 1. The number of carboxylic acids is 1. The molecule has 35 heavy (non-hydrogen) atoms. The standard InChI is InChI=1S/C28H22N2O2S2.Na/c31-28(32)22-15-8-7-14-21(22)18-29-25(23-16-9-17-33-23)27-30-24(19-10-3-1-4-11-19)26(34-27)20-12-5-2-6-13-20;/h1-17,25,29H,18H2,(H,31,32);/q;+1/p-1. The van der Waals surface area contributed by atoms with Gasteiger partial charge in [0.2, 0.25) is 0 Å². The van der Waals surface area contributed by atoms with Gasteiger partial charge < -0.3 is 9.90 Å². The molecule has 1 unspecified atom stereocenters. The molecule has 168 valence electrons. The number of thiophene rings is 1. The summed E-state index contributed by atoms with van der Waals surface area (Å²) >= 11 is 3.32. The number of rotatable bonds is 8. The second-order valence-electron chi connectivity index (χ2n) is 7.74. The number of hydrogen-bond acceptors (Lipinski definition) is 6. The Morgan fingerprint density at radius 2 is 1.51 bits per heavy atom. The number of nitrogens with one attached hydrogen (secondary N) is 1. The second kappa shape index (κ2) is 11.9. The number of carboxylic acid groups (broad SMARTS) is 1. The zero-order valence-electron chi connectivity index (χ0n) is 19.2. The minimum atomic E-state index is -1.17. The summed E-state index contributed by atoms with van der Waals surface area (Å²) in [4.78, 5) is 18.9. The van der Waals surface area contributed by atoms with Crippen LogP contribution in [0.2, 0.25) is 0 Å². The van der Waals surface area contributed by atoms with Gasteiger partial charge in [-0.05, 0) is 22.6 Å². The van der Waals surface area contributed by atoms with Crippen molar-refractivity contribution in [2.24, 2.45) is 0 Å². The number of hydrogen-bond donors (Lipinski definition) is 1. The Hall–Kier alpha value is -2.58. The zero-order valence-corrected chi connectivity index (χ0v) is 22.8. The third kappa shape index (κ3) is 5.81. The topological polar surface area (TPSA) is 65.0 Å². The van der Waals surface area contributed by atoms with Crippen LogP contribution < -0.4 is 40.0 Å². The van der Waals surface area contributed by atoms with E-state index in [1.807, 2.05) is 60.0 Å². The molecule has 0 bridgehead atoms. The van der Waals surface area contributed by atoms with Gasteiger partial charge in [0.25, 0.3) is 0 Å². The van der Waals surface area contributed by atoms with Gasteiger partial charge in [0, 0.05) is 22.5 Å². The molecule has 2 aromatic heterocycles. The fourth-order valence-electron chi connectivity index (χ4n) is 3.89. The van der Waals surface area contributed by atoms with Crippen molar-refractivity contribution in [3.8, 4) is 21.7 Å². The molecule has 0 amide bonds. The summed E-state index contributed by atoms with van der Waals surface area (Å²) in [5.74, 6) is -1.17. The van der Waals surface area contributed by atoms with E-state index in [4.69, 9.17) is 4.98 Å². The van der Waals surface area contributed by atoms with Gasteiger partial charge in [0.1, 0.15) is 5.01 Å². The molecule has 5 rings (SSSR count). The number of benzene rings is 3. The fraction of sp³-hybridized carbons (Fsp3) is 0.0714. The minimum Gasteiger partial charge on any atom is -0.545 e. The van der Waals surface area contributed by atoms with Gasteiger partial charge in [-0.1, -0.05) is 91.0 Å². The van der Waals surface area contributed by atoms with Crippen LogP contribution in [0.25, 0.3) is 21.7 Å². The molecule has 0 saturated carbocycles. The largest absolute Gasteiger partial charge is 1.00 e. The number of aromatic carboxylic acids is 1. The predicted molar refractivity (Wildman–Crippen MR) is 137 cm³/mol. The van der Waals surface area contributed by atoms with Gasteiger partial charge in [0.15, 0.2) is 0 Å². The van der Waals surface area contributed by atoms with Gasteiger partial charge in [0.05, 0.1) is 22.6 Å². The van der Waals surface area contributed by atoms with Crippen LogP contribution in [0, 0.1) is 0 Å². The third-order valence-corrected chi connectivity index (χ3v) is 7.64. The molecule has 4 nitrogen and oxygen atoms in total. The maximum atomic E-state index is 11.6. The van der Waals surface area contributed by atoms with Gasteiger partial charge >= 0.3 is 29.6 Å². The molecular weight excluding hydrogens is 483 g/mol. The predicted octanol–water partition coefficient (Wildman–Crippen LogP) is 2.79. The van der Waals surface area contributed by atoms with E-state index in [0.717, 1.165) is 31.6 Å². The first-order valence-corrected chi connectivity index (χ1v) is 12.6. The summed E-state index contributed by atoms with van der Waals surface area (Å²) < 4.78 is 0. The molecule has 0 fully saturated rings.